The molecule has 102 valence electrons. The smallest absolute Gasteiger partial charge is 0.334 e. The number of aliphatic carboxylic acids is 1. The van der Waals surface area contributed by atoms with Crippen LogP contribution in [-0.2, 0) is 14.3 Å². The summed E-state index contributed by atoms with van der Waals surface area (Å²) < 4.78 is 5.06. The average Bonchev–Trinajstić information content (AvgIpc) is 2.82. The molecule has 7 heteroatoms. The predicted octanol–water partition coefficient (Wildman–Crippen LogP) is 0.777. The fourth-order valence-corrected chi connectivity index (χ4v) is 2.30. The van der Waals surface area contributed by atoms with Crippen LogP contribution in [0, 0.1) is 6.92 Å². The van der Waals surface area contributed by atoms with E-state index in [2.05, 4.69) is 4.98 Å². The molecule has 0 aliphatic carbocycles. The number of aryl methyl sites for hydroxylation is 1. The van der Waals surface area contributed by atoms with Gasteiger partial charge in [-0.2, -0.15) is 0 Å². The van der Waals surface area contributed by atoms with Gasteiger partial charge >= 0.3 is 5.97 Å². The Morgan fingerprint density at radius 2 is 2.42 bits per heavy atom. The molecule has 6 nitrogen and oxygen atoms in total. The van der Waals surface area contributed by atoms with Crippen molar-refractivity contribution >= 4 is 29.3 Å². The van der Waals surface area contributed by atoms with Gasteiger partial charge in [-0.3, -0.25) is 4.79 Å². The Labute approximate surface area is 114 Å². The number of carboxylic acids is 1. The molecule has 1 unspecified atom stereocenters. The van der Waals surface area contributed by atoms with Crippen LogP contribution in [0.3, 0.4) is 0 Å². The zero-order chi connectivity index (χ0) is 13.8. The van der Waals surface area contributed by atoms with Gasteiger partial charge in [-0.05, 0) is 13.0 Å². The Morgan fingerprint density at radius 1 is 1.63 bits per heavy atom. The average molecular weight is 282 g/mol. The second-order valence-electron chi connectivity index (χ2n) is 4.11. The first-order chi connectivity index (χ1) is 9.06. The van der Waals surface area contributed by atoms with Crippen LogP contribution in [0.5, 0.6) is 0 Å². The summed E-state index contributed by atoms with van der Waals surface area (Å²) >= 11 is 1.51. The van der Waals surface area contributed by atoms with Crippen LogP contribution in [0.2, 0.25) is 0 Å². The molecule has 1 saturated heterocycles. The van der Waals surface area contributed by atoms with Crippen molar-refractivity contribution in [2.75, 3.05) is 19.7 Å². The third-order valence-electron chi connectivity index (χ3n) is 2.69. The lowest BCUT2D eigenvalue weighted by atomic mass is 10.2. The molecule has 1 fully saturated rings. The van der Waals surface area contributed by atoms with Crippen molar-refractivity contribution in [3.8, 4) is 0 Å². The van der Waals surface area contributed by atoms with E-state index in [4.69, 9.17) is 9.84 Å². The van der Waals surface area contributed by atoms with Gasteiger partial charge < -0.3 is 14.7 Å². The number of rotatable bonds is 3. The van der Waals surface area contributed by atoms with Gasteiger partial charge in [0.1, 0.15) is 0 Å². The molecular weight excluding hydrogens is 268 g/mol. The van der Waals surface area contributed by atoms with E-state index in [1.54, 1.807) is 6.08 Å². The van der Waals surface area contributed by atoms with Gasteiger partial charge in [0.05, 0.1) is 23.9 Å². The molecule has 0 aromatic carbocycles. The summed E-state index contributed by atoms with van der Waals surface area (Å²) in [5.41, 5.74) is 0.735. The van der Waals surface area contributed by atoms with Crippen LogP contribution in [0.4, 0.5) is 0 Å². The fraction of sp³-hybridized carbons (Fsp3) is 0.417. The highest BCUT2D eigenvalue weighted by Gasteiger charge is 2.27. The first-order valence-corrected chi connectivity index (χ1v) is 6.68. The number of hydrogen-bond donors (Lipinski definition) is 1. The van der Waals surface area contributed by atoms with E-state index in [0.29, 0.717) is 6.54 Å². The van der Waals surface area contributed by atoms with Crippen molar-refractivity contribution in [2.45, 2.75) is 13.0 Å². The Hall–Kier alpha value is -1.73. The minimum atomic E-state index is -1.04. The molecule has 1 amide bonds. The summed E-state index contributed by atoms with van der Waals surface area (Å²) in [5.74, 6) is -1.27. The predicted molar refractivity (Wildman–Crippen MR) is 69.8 cm³/mol. The van der Waals surface area contributed by atoms with E-state index >= 15 is 0 Å². The van der Waals surface area contributed by atoms with Crippen LogP contribution >= 0.6 is 11.3 Å². The maximum absolute atomic E-state index is 11.9. The molecule has 1 aliphatic heterocycles. The summed E-state index contributed by atoms with van der Waals surface area (Å²) in [7, 11) is 0. The van der Waals surface area contributed by atoms with Crippen LogP contribution in [0.15, 0.2) is 11.5 Å². The van der Waals surface area contributed by atoms with E-state index in [1.165, 1.54) is 22.3 Å². The Bertz CT molecular complexity index is 512. The van der Waals surface area contributed by atoms with Crippen LogP contribution in [0.25, 0.3) is 6.08 Å². The number of nitrogens with zero attached hydrogens (tertiary/aromatic N) is 2. The van der Waals surface area contributed by atoms with Crippen molar-refractivity contribution in [1.82, 2.24) is 9.88 Å². The van der Waals surface area contributed by atoms with Crippen LogP contribution < -0.4 is 0 Å². The van der Waals surface area contributed by atoms with Crippen molar-refractivity contribution in [3.05, 3.63) is 22.2 Å². The fourth-order valence-electron chi connectivity index (χ4n) is 1.72. The number of carbonyl (C=O) groups excluding carboxylic acids is 1. The lowest BCUT2D eigenvalue weighted by Gasteiger charge is -2.30. The molecular formula is C12H14N2O4S. The topological polar surface area (TPSA) is 79.7 Å². The second-order valence-corrected chi connectivity index (χ2v) is 5.17. The SMILES string of the molecule is Cc1nc(/C=C/C(=O)N2CCOC(C(=O)O)C2)cs1. The summed E-state index contributed by atoms with van der Waals surface area (Å²) in [6, 6.07) is 0. The lowest BCUT2D eigenvalue weighted by molar-refractivity contribution is -0.158. The summed E-state index contributed by atoms with van der Waals surface area (Å²) in [4.78, 5) is 28.4. The van der Waals surface area contributed by atoms with Crippen molar-refractivity contribution < 1.29 is 19.4 Å². The van der Waals surface area contributed by atoms with Crippen molar-refractivity contribution in [1.29, 1.82) is 0 Å². The van der Waals surface area contributed by atoms with E-state index < -0.39 is 12.1 Å². The molecule has 1 aromatic rings. The number of morpholine rings is 1. The standard InChI is InChI=1S/C12H14N2O4S/c1-8-13-9(7-19-8)2-3-11(15)14-4-5-18-10(6-14)12(16)17/h2-3,7,10H,4-6H2,1H3,(H,16,17)/b3-2+. The first-order valence-electron chi connectivity index (χ1n) is 5.80. The molecule has 2 heterocycles. The Balaban J connectivity index is 1.96. The number of carboxylic acid groups (broad SMARTS) is 1. The number of thiazole rings is 1. The normalized spacial score (nSPS) is 19.8. The number of carbonyl (C=O) groups is 2. The van der Waals surface area contributed by atoms with Crippen LogP contribution in [0.1, 0.15) is 10.7 Å². The second kappa shape index (κ2) is 5.94. The highest BCUT2D eigenvalue weighted by atomic mass is 32.1. The molecule has 1 aromatic heterocycles. The quantitative estimate of drug-likeness (QED) is 0.829. The largest absolute Gasteiger partial charge is 0.479 e. The van der Waals surface area contributed by atoms with Gasteiger partial charge in [0.2, 0.25) is 5.91 Å². The molecule has 1 atom stereocenters. The van der Waals surface area contributed by atoms with Gasteiger partial charge in [0.25, 0.3) is 0 Å². The highest BCUT2D eigenvalue weighted by Crippen LogP contribution is 2.10. The number of hydrogen-bond acceptors (Lipinski definition) is 5. The van der Waals surface area contributed by atoms with Crippen LogP contribution in [-0.4, -0.2) is 52.7 Å². The van der Waals surface area contributed by atoms with Gasteiger partial charge in [-0.15, -0.1) is 11.3 Å². The first kappa shape index (κ1) is 13.7. The third kappa shape index (κ3) is 3.62. The Morgan fingerprint density at radius 3 is 3.05 bits per heavy atom. The van der Waals surface area contributed by atoms with Gasteiger partial charge in [-0.1, -0.05) is 0 Å². The summed E-state index contributed by atoms with van der Waals surface area (Å²) in [5, 5.41) is 11.7. The zero-order valence-corrected chi connectivity index (χ0v) is 11.2. The van der Waals surface area contributed by atoms with Crippen molar-refractivity contribution in [2.24, 2.45) is 0 Å². The third-order valence-corrected chi connectivity index (χ3v) is 3.48. The molecule has 19 heavy (non-hydrogen) atoms. The Kier molecular flexibility index (Phi) is 4.28. The minimum Gasteiger partial charge on any atom is -0.479 e. The van der Waals surface area contributed by atoms with E-state index in [1.807, 2.05) is 12.3 Å². The molecule has 0 saturated carbocycles. The number of amides is 1. The van der Waals surface area contributed by atoms with Gasteiger partial charge in [-0.25, -0.2) is 9.78 Å². The minimum absolute atomic E-state index is 0.0780. The maximum Gasteiger partial charge on any atom is 0.334 e. The molecule has 0 radical (unpaired) electrons. The number of ether oxygens (including phenoxy) is 1. The molecule has 0 bridgehead atoms. The zero-order valence-electron chi connectivity index (χ0n) is 10.4. The molecule has 1 N–H and O–H groups in total. The number of aromatic nitrogens is 1. The monoisotopic (exact) mass is 282 g/mol. The molecule has 1 aliphatic rings. The molecule has 0 spiro atoms. The van der Waals surface area contributed by atoms with Gasteiger partial charge in [0.15, 0.2) is 6.10 Å². The summed E-state index contributed by atoms with van der Waals surface area (Å²) in [6.07, 6.45) is 2.11. The van der Waals surface area contributed by atoms with E-state index in [9.17, 15) is 9.59 Å². The van der Waals surface area contributed by atoms with E-state index in [-0.39, 0.29) is 19.1 Å². The van der Waals surface area contributed by atoms with Gasteiger partial charge in [0, 0.05) is 18.0 Å². The lowest BCUT2D eigenvalue weighted by Crippen LogP contribution is -2.48. The highest BCUT2D eigenvalue weighted by molar-refractivity contribution is 7.09. The van der Waals surface area contributed by atoms with Crippen molar-refractivity contribution in [3.63, 3.8) is 0 Å². The van der Waals surface area contributed by atoms with E-state index in [0.717, 1.165) is 10.7 Å². The maximum atomic E-state index is 11.9. The summed E-state index contributed by atoms with van der Waals surface area (Å²) in [6.45, 7) is 2.62. The molecule has 2 rings (SSSR count).